The topological polar surface area (TPSA) is 62.2 Å². The number of methoxy groups -OCH3 is 1. The van der Waals surface area contributed by atoms with Crippen molar-refractivity contribution >= 4 is 17.4 Å². The van der Waals surface area contributed by atoms with Gasteiger partial charge in [-0.3, -0.25) is 0 Å². The highest BCUT2D eigenvalue weighted by Gasteiger charge is 2.10. The highest BCUT2D eigenvalue weighted by molar-refractivity contribution is 6.03. The van der Waals surface area contributed by atoms with Crippen molar-refractivity contribution in [2.45, 2.75) is 6.92 Å². The van der Waals surface area contributed by atoms with Crippen molar-refractivity contribution in [2.75, 3.05) is 19.5 Å². The average molecular weight is 206 g/mol. The zero-order valence-electron chi connectivity index (χ0n) is 9.05. The summed E-state index contributed by atoms with van der Waals surface area (Å²) >= 11 is 0. The fourth-order valence-electron chi connectivity index (χ4n) is 1.32. The highest BCUT2D eigenvalue weighted by atomic mass is 16.5. The summed E-state index contributed by atoms with van der Waals surface area (Å²) < 4.78 is 4.61. The molecule has 2 N–H and O–H groups in total. The minimum atomic E-state index is -0.389. The molecule has 15 heavy (non-hydrogen) atoms. The molecule has 1 aromatic carbocycles. The zero-order chi connectivity index (χ0) is 11.4. The first-order chi connectivity index (χ1) is 7.10. The number of hydrogen-bond acceptors (Lipinski definition) is 4. The van der Waals surface area contributed by atoms with Crippen molar-refractivity contribution in [3.8, 4) is 0 Å². The van der Waals surface area contributed by atoms with E-state index in [1.54, 1.807) is 32.2 Å². The molecule has 4 heteroatoms. The Hall–Kier alpha value is -1.84. The van der Waals surface area contributed by atoms with Gasteiger partial charge in [0, 0.05) is 24.0 Å². The van der Waals surface area contributed by atoms with Crippen molar-refractivity contribution in [1.29, 1.82) is 5.41 Å². The van der Waals surface area contributed by atoms with Gasteiger partial charge in [-0.2, -0.15) is 0 Å². The third-order valence-corrected chi connectivity index (χ3v) is 2.11. The average Bonchev–Trinajstić information content (AvgIpc) is 2.27. The SMILES string of the molecule is CNc1ccc(C(=O)OC)cc1C(C)=N. The third-order valence-electron chi connectivity index (χ3n) is 2.11. The highest BCUT2D eigenvalue weighted by Crippen LogP contribution is 2.18. The first kappa shape index (κ1) is 11.2. The molecule has 1 aromatic rings. The first-order valence-electron chi connectivity index (χ1n) is 4.55. The van der Waals surface area contributed by atoms with Gasteiger partial charge >= 0.3 is 5.97 Å². The molecule has 80 valence electrons. The van der Waals surface area contributed by atoms with Crippen LogP contribution in [0.5, 0.6) is 0 Å². The Kier molecular flexibility index (Phi) is 3.44. The Morgan fingerprint density at radius 3 is 2.60 bits per heavy atom. The number of carbonyl (C=O) groups excluding carboxylic acids is 1. The molecular weight excluding hydrogens is 192 g/mol. The second-order valence-corrected chi connectivity index (χ2v) is 3.13. The molecule has 0 fully saturated rings. The number of benzene rings is 1. The number of anilines is 1. The smallest absolute Gasteiger partial charge is 0.337 e. The number of rotatable bonds is 3. The van der Waals surface area contributed by atoms with Crippen LogP contribution < -0.4 is 5.32 Å². The summed E-state index contributed by atoms with van der Waals surface area (Å²) in [5, 5.41) is 10.6. The van der Waals surface area contributed by atoms with Crippen LogP contribution in [0.1, 0.15) is 22.8 Å². The Morgan fingerprint density at radius 1 is 1.47 bits per heavy atom. The van der Waals surface area contributed by atoms with E-state index in [1.807, 2.05) is 0 Å². The fraction of sp³-hybridized carbons (Fsp3) is 0.273. The summed E-state index contributed by atoms with van der Waals surface area (Å²) in [6, 6.07) is 5.09. The van der Waals surface area contributed by atoms with E-state index in [9.17, 15) is 4.79 Å². The summed E-state index contributed by atoms with van der Waals surface area (Å²) in [6.07, 6.45) is 0. The predicted molar refractivity (Wildman–Crippen MR) is 59.8 cm³/mol. The summed E-state index contributed by atoms with van der Waals surface area (Å²) in [7, 11) is 3.12. The second kappa shape index (κ2) is 4.59. The van der Waals surface area contributed by atoms with Gasteiger partial charge < -0.3 is 15.5 Å². The quantitative estimate of drug-likeness (QED) is 0.586. The van der Waals surface area contributed by atoms with Crippen LogP contribution in [0.2, 0.25) is 0 Å². The van der Waals surface area contributed by atoms with Gasteiger partial charge in [0.15, 0.2) is 0 Å². The minimum Gasteiger partial charge on any atom is -0.465 e. The van der Waals surface area contributed by atoms with Gasteiger partial charge in [0.2, 0.25) is 0 Å². The summed E-state index contributed by atoms with van der Waals surface area (Å²) in [6.45, 7) is 1.68. The summed E-state index contributed by atoms with van der Waals surface area (Å²) in [4.78, 5) is 11.3. The molecule has 0 saturated heterocycles. The standard InChI is InChI=1S/C11H14N2O2/c1-7(12)9-6-8(11(14)15-3)4-5-10(9)13-2/h4-6,12-13H,1-3H3. The first-order valence-corrected chi connectivity index (χ1v) is 4.55. The van der Waals surface area contributed by atoms with Crippen molar-refractivity contribution < 1.29 is 9.53 Å². The molecule has 0 atom stereocenters. The van der Waals surface area contributed by atoms with Crippen LogP contribution in [0.25, 0.3) is 0 Å². The third kappa shape index (κ3) is 2.34. The summed E-state index contributed by atoms with van der Waals surface area (Å²) in [5.41, 5.74) is 2.40. The van der Waals surface area contributed by atoms with Crippen LogP contribution in [-0.2, 0) is 4.74 Å². The number of carbonyl (C=O) groups is 1. The molecule has 4 nitrogen and oxygen atoms in total. The molecule has 0 aliphatic rings. The van der Waals surface area contributed by atoms with E-state index < -0.39 is 0 Å². The Morgan fingerprint density at radius 2 is 2.13 bits per heavy atom. The van der Waals surface area contributed by atoms with Crippen LogP contribution in [0.4, 0.5) is 5.69 Å². The van der Waals surface area contributed by atoms with Crippen LogP contribution >= 0.6 is 0 Å². The largest absolute Gasteiger partial charge is 0.465 e. The number of hydrogen-bond donors (Lipinski definition) is 2. The molecule has 0 bridgehead atoms. The normalized spacial score (nSPS) is 9.53. The van der Waals surface area contributed by atoms with Crippen LogP contribution in [0, 0.1) is 5.41 Å². The summed E-state index contributed by atoms with van der Waals surface area (Å²) in [5.74, 6) is -0.389. The lowest BCUT2D eigenvalue weighted by molar-refractivity contribution is 0.0601. The lowest BCUT2D eigenvalue weighted by atomic mass is 10.1. The van der Waals surface area contributed by atoms with E-state index in [0.717, 1.165) is 5.69 Å². The molecule has 0 saturated carbocycles. The molecule has 0 aliphatic carbocycles. The zero-order valence-corrected chi connectivity index (χ0v) is 9.05. The lowest BCUT2D eigenvalue weighted by Gasteiger charge is -2.09. The number of ether oxygens (including phenoxy) is 1. The van der Waals surface area contributed by atoms with E-state index >= 15 is 0 Å². The van der Waals surface area contributed by atoms with E-state index in [1.165, 1.54) is 7.11 Å². The van der Waals surface area contributed by atoms with E-state index in [-0.39, 0.29) is 5.97 Å². The molecule has 0 aromatic heterocycles. The van der Waals surface area contributed by atoms with Crippen LogP contribution in [0.15, 0.2) is 18.2 Å². The van der Waals surface area contributed by atoms with Crippen molar-refractivity contribution in [2.24, 2.45) is 0 Å². The lowest BCUT2D eigenvalue weighted by Crippen LogP contribution is -2.06. The maximum absolute atomic E-state index is 11.3. The van der Waals surface area contributed by atoms with Gasteiger partial charge in [0.1, 0.15) is 0 Å². The second-order valence-electron chi connectivity index (χ2n) is 3.13. The molecule has 0 radical (unpaired) electrons. The number of nitrogens with one attached hydrogen (secondary N) is 2. The van der Waals surface area contributed by atoms with Crippen molar-refractivity contribution in [3.63, 3.8) is 0 Å². The van der Waals surface area contributed by atoms with E-state index in [4.69, 9.17) is 5.41 Å². The Labute approximate surface area is 88.8 Å². The molecule has 0 amide bonds. The predicted octanol–water partition coefficient (Wildman–Crippen LogP) is 1.90. The van der Waals surface area contributed by atoms with Crippen molar-refractivity contribution in [3.05, 3.63) is 29.3 Å². The molecule has 0 heterocycles. The Balaban J connectivity index is 3.22. The van der Waals surface area contributed by atoms with Crippen molar-refractivity contribution in [1.82, 2.24) is 0 Å². The van der Waals surface area contributed by atoms with Gasteiger partial charge in [-0.15, -0.1) is 0 Å². The molecule has 0 unspecified atom stereocenters. The van der Waals surface area contributed by atoms with E-state index in [0.29, 0.717) is 16.8 Å². The van der Waals surface area contributed by atoms with Gasteiger partial charge in [0.25, 0.3) is 0 Å². The maximum Gasteiger partial charge on any atom is 0.337 e. The van der Waals surface area contributed by atoms with Gasteiger partial charge in [-0.25, -0.2) is 4.79 Å². The van der Waals surface area contributed by atoms with Gasteiger partial charge in [-0.1, -0.05) is 0 Å². The number of esters is 1. The molecule has 1 rings (SSSR count). The molecule has 0 aliphatic heterocycles. The molecule has 0 spiro atoms. The monoisotopic (exact) mass is 206 g/mol. The molecular formula is C11H14N2O2. The van der Waals surface area contributed by atoms with Gasteiger partial charge in [-0.05, 0) is 25.1 Å². The maximum atomic E-state index is 11.3. The Bertz CT molecular complexity index is 400. The minimum absolute atomic E-state index is 0.389. The van der Waals surface area contributed by atoms with Crippen LogP contribution in [-0.4, -0.2) is 25.8 Å². The van der Waals surface area contributed by atoms with E-state index in [2.05, 4.69) is 10.1 Å². The fourth-order valence-corrected chi connectivity index (χ4v) is 1.32. The van der Waals surface area contributed by atoms with Crippen LogP contribution in [0.3, 0.4) is 0 Å². The van der Waals surface area contributed by atoms with Gasteiger partial charge in [0.05, 0.1) is 12.7 Å².